The van der Waals surface area contributed by atoms with Crippen LogP contribution in [0.15, 0.2) is 29.2 Å². The van der Waals surface area contributed by atoms with Crippen LogP contribution in [0.1, 0.15) is 57.1 Å². The molecule has 0 spiro atoms. The van der Waals surface area contributed by atoms with Crippen LogP contribution in [0.25, 0.3) is 0 Å². The van der Waals surface area contributed by atoms with Gasteiger partial charge in [0.05, 0.1) is 5.75 Å². The number of amides is 1. The smallest absolute Gasteiger partial charge is 0.230 e. The van der Waals surface area contributed by atoms with Gasteiger partial charge in [-0.3, -0.25) is 4.79 Å². The standard InChI is InChI=1S/C17H26N2OS/c1-13(18)14-8-10-16(11-9-14)21-12-17(20)19-15-6-4-2-3-5-7-15/h8-11,13,15H,2-7,12,18H2,1H3,(H,19,20). The number of benzene rings is 1. The molecule has 116 valence electrons. The molecule has 1 aliphatic rings. The van der Waals surface area contributed by atoms with Crippen molar-refractivity contribution in [1.82, 2.24) is 5.32 Å². The molecule has 3 nitrogen and oxygen atoms in total. The molecule has 3 N–H and O–H groups in total. The van der Waals surface area contributed by atoms with Crippen molar-refractivity contribution >= 4 is 17.7 Å². The quantitative estimate of drug-likeness (QED) is 0.645. The van der Waals surface area contributed by atoms with Gasteiger partial charge in [-0.1, -0.05) is 37.8 Å². The molecule has 0 aromatic heterocycles. The lowest BCUT2D eigenvalue weighted by Gasteiger charge is -2.16. The summed E-state index contributed by atoms with van der Waals surface area (Å²) in [5, 5.41) is 3.18. The van der Waals surface area contributed by atoms with Gasteiger partial charge in [0.1, 0.15) is 0 Å². The number of nitrogens with two attached hydrogens (primary N) is 1. The highest BCUT2D eigenvalue weighted by Crippen LogP contribution is 2.21. The lowest BCUT2D eigenvalue weighted by molar-refractivity contribution is -0.119. The number of rotatable bonds is 5. The second-order valence-corrected chi connectivity index (χ2v) is 6.95. The second kappa shape index (κ2) is 8.44. The normalized spacial score (nSPS) is 18.0. The van der Waals surface area contributed by atoms with Gasteiger partial charge in [0.2, 0.25) is 5.91 Å². The summed E-state index contributed by atoms with van der Waals surface area (Å²) >= 11 is 1.59. The molecule has 2 rings (SSSR count). The Bertz CT molecular complexity index is 437. The molecule has 1 saturated carbocycles. The summed E-state index contributed by atoms with van der Waals surface area (Å²) < 4.78 is 0. The number of carbonyl (C=O) groups is 1. The van der Waals surface area contributed by atoms with E-state index in [1.165, 1.54) is 25.7 Å². The zero-order valence-corrected chi connectivity index (χ0v) is 13.6. The highest BCUT2D eigenvalue weighted by atomic mass is 32.2. The molecule has 1 amide bonds. The Balaban J connectivity index is 1.75. The zero-order valence-electron chi connectivity index (χ0n) is 12.8. The zero-order chi connectivity index (χ0) is 15.1. The maximum Gasteiger partial charge on any atom is 0.230 e. The highest BCUT2D eigenvalue weighted by Gasteiger charge is 2.14. The number of carbonyl (C=O) groups excluding carboxylic acids is 1. The van der Waals surface area contributed by atoms with E-state index in [1.54, 1.807) is 11.8 Å². The molecular weight excluding hydrogens is 280 g/mol. The van der Waals surface area contributed by atoms with E-state index < -0.39 is 0 Å². The predicted molar refractivity (Wildman–Crippen MR) is 89.4 cm³/mol. The van der Waals surface area contributed by atoms with Crippen molar-refractivity contribution in [3.8, 4) is 0 Å². The van der Waals surface area contributed by atoms with Crippen LogP contribution in [0.4, 0.5) is 0 Å². The summed E-state index contributed by atoms with van der Waals surface area (Å²) in [4.78, 5) is 13.1. The van der Waals surface area contributed by atoms with Gasteiger partial charge in [0.25, 0.3) is 0 Å². The molecule has 1 aliphatic carbocycles. The van der Waals surface area contributed by atoms with E-state index in [1.807, 2.05) is 31.2 Å². The first kappa shape index (κ1) is 16.4. The van der Waals surface area contributed by atoms with Gasteiger partial charge in [0, 0.05) is 17.0 Å². The monoisotopic (exact) mass is 306 g/mol. The van der Waals surface area contributed by atoms with Crippen LogP contribution in [-0.2, 0) is 4.79 Å². The summed E-state index contributed by atoms with van der Waals surface area (Å²) in [6.07, 6.45) is 7.40. The molecule has 0 saturated heterocycles. The third-order valence-corrected chi connectivity index (χ3v) is 5.01. The van der Waals surface area contributed by atoms with Gasteiger partial charge in [-0.2, -0.15) is 0 Å². The van der Waals surface area contributed by atoms with E-state index in [-0.39, 0.29) is 11.9 Å². The van der Waals surface area contributed by atoms with Crippen molar-refractivity contribution in [2.45, 2.75) is 62.4 Å². The Morgan fingerprint density at radius 1 is 1.24 bits per heavy atom. The Kier molecular flexibility index (Phi) is 6.58. The lowest BCUT2D eigenvalue weighted by atomic mass is 10.1. The second-order valence-electron chi connectivity index (χ2n) is 5.90. The summed E-state index contributed by atoms with van der Waals surface area (Å²) in [5.41, 5.74) is 6.96. The van der Waals surface area contributed by atoms with Crippen LogP contribution in [-0.4, -0.2) is 17.7 Å². The molecular formula is C17H26N2OS. The summed E-state index contributed by atoms with van der Waals surface area (Å²) in [6.45, 7) is 1.97. The molecule has 0 heterocycles. The Morgan fingerprint density at radius 3 is 2.43 bits per heavy atom. The maximum absolute atomic E-state index is 12.0. The average molecular weight is 306 g/mol. The fourth-order valence-corrected chi connectivity index (χ4v) is 3.42. The third kappa shape index (κ3) is 5.71. The molecule has 4 heteroatoms. The number of thioether (sulfide) groups is 1. The minimum Gasteiger partial charge on any atom is -0.353 e. The van der Waals surface area contributed by atoms with E-state index in [0.717, 1.165) is 23.3 Å². The molecule has 1 aromatic carbocycles. The predicted octanol–water partition coefficient (Wildman–Crippen LogP) is 3.64. The molecule has 0 bridgehead atoms. The molecule has 1 unspecified atom stereocenters. The van der Waals surface area contributed by atoms with Crippen LogP contribution in [0.3, 0.4) is 0 Å². The van der Waals surface area contributed by atoms with Gasteiger partial charge in [-0.05, 0) is 37.5 Å². The molecule has 0 radical (unpaired) electrons. The fourth-order valence-electron chi connectivity index (χ4n) is 2.71. The Hall–Kier alpha value is -1.00. The van der Waals surface area contributed by atoms with Crippen molar-refractivity contribution in [2.24, 2.45) is 5.73 Å². The SMILES string of the molecule is CC(N)c1ccc(SCC(=O)NC2CCCCCC2)cc1. The first-order valence-electron chi connectivity index (χ1n) is 7.93. The van der Waals surface area contributed by atoms with E-state index >= 15 is 0 Å². The van der Waals surface area contributed by atoms with E-state index in [2.05, 4.69) is 5.32 Å². The van der Waals surface area contributed by atoms with Crippen LogP contribution in [0.5, 0.6) is 0 Å². The minimum absolute atomic E-state index is 0.0579. The molecule has 1 atom stereocenters. The van der Waals surface area contributed by atoms with Crippen LogP contribution in [0.2, 0.25) is 0 Å². The minimum atomic E-state index is 0.0579. The van der Waals surface area contributed by atoms with Crippen molar-refractivity contribution < 1.29 is 4.79 Å². The Morgan fingerprint density at radius 2 is 1.86 bits per heavy atom. The summed E-state index contributed by atoms with van der Waals surface area (Å²) in [7, 11) is 0. The topological polar surface area (TPSA) is 55.1 Å². The van der Waals surface area contributed by atoms with Gasteiger partial charge in [-0.15, -0.1) is 11.8 Å². The molecule has 21 heavy (non-hydrogen) atoms. The number of nitrogens with one attached hydrogen (secondary N) is 1. The number of hydrogen-bond donors (Lipinski definition) is 2. The number of hydrogen-bond acceptors (Lipinski definition) is 3. The van der Waals surface area contributed by atoms with Crippen molar-refractivity contribution in [2.75, 3.05) is 5.75 Å². The van der Waals surface area contributed by atoms with Crippen LogP contribution < -0.4 is 11.1 Å². The van der Waals surface area contributed by atoms with Gasteiger partial charge < -0.3 is 11.1 Å². The van der Waals surface area contributed by atoms with E-state index in [0.29, 0.717) is 11.8 Å². The largest absolute Gasteiger partial charge is 0.353 e. The van der Waals surface area contributed by atoms with E-state index in [4.69, 9.17) is 5.73 Å². The fraction of sp³-hybridized carbons (Fsp3) is 0.588. The Labute approximate surface area is 132 Å². The lowest BCUT2D eigenvalue weighted by Crippen LogP contribution is -2.35. The molecule has 0 aliphatic heterocycles. The van der Waals surface area contributed by atoms with Crippen molar-refractivity contribution in [1.29, 1.82) is 0 Å². The maximum atomic E-state index is 12.0. The molecule has 1 fully saturated rings. The van der Waals surface area contributed by atoms with Gasteiger partial charge in [0.15, 0.2) is 0 Å². The average Bonchev–Trinajstić information content (AvgIpc) is 2.74. The highest BCUT2D eigenvalue weighted by molar-refractivity contribution is 8.00. The van der Waals surface area contributed by atoms with E-state index in [9.17, 15) is 4.79 Å². The first-order valence-corrected chi connectivity index (χ1v) is 8.91. The van der Waals surface area contributed by atoms with Crippen molar-refractivity contribution in [3.05, 3.63) is 29.8 Å². The van der Waals surface area contributed by atoms with Gasteiger partial charge in [-0.25, -0.2) is 0 Å². The summed E-state index contributed by atoms with van der Waals surface area (Å²) in [6, 6.07) is 8.61. The van der Waals surface area contributed by atoms with Gasteiger partial charge >= 0.3 is 0 Å². The van der Waals surface area contributed by atoms with Crippen LogP contribution >= 0.6 is 11.8 Å². The third-order valence-electron chi connectivity index (χ3n) is 4.00. The van der Waals surface area contributed by atoms with Crippen LogP contribution in [0, 0.1) is 0 Å². The summed E-state index contributed by atoms with van der Waals surface area (Å²) in [5.74, 6) is 0.650. The van der Waals surface area contributed by atoms with Crippen molar-refractivity contribution in [3.63, 3.8) is 0 Å². The molecule has 1 aromatic rings. The first-order chi connectivity index (χ1) is 10.1.